The second-order valence-corrected chi connectivity index (χ2v) is 5.77. The number of hydrogen-bond acceptors (Lipinski definition) is 5. The van der Waals surface area contributed by atoms with Gasteiger partial charge < -0.3 is 20.9 Å². The first-order chi connectivity index (χ1) is 9.90. The molecule has 0 saturated carbocycles. The quantitative estimate of drug-likeness (QED) is 0.555. The Labute approximate surface area is 148 Å². The summed E-state index contributed by atoms with van der Waals surface area (Å²) in [4.78, 5) is 13.4. The van der Waals surface area contributed by atoms with E-state index in [0.29, 0.717) is 19.4 Å². The average molecular weight is 365 g/mol. The molecule has 1 aliphatic heterocycles. The predicted octanol–water partition coefficient (Wildman–Crippen LogP) is 0.749. The van der Waals surface area contributed by atoms with Crippen molar-refractivity contribution in [1.29, 1.82) is 0 Å². The van der Waals surface area contributed by atoms with Gasteiger partial charge in [0.15, 0.2) is 0 Å². The van der Waals surface area contributed by atoms with Gasteiger partial charge in [-0.25, -0.2) is 0 Å². The summed E-state index contributed by atoms with van der Waals surface area (Å²) in [5.41, 5.74) is 5.80. The van der Waals surface area contributed by atoms with Crippen LogP contribution >= 0.6 is 24.8 Å². The minimum absolute atomic E-state index is 0. The highest BCUT2D eigenvalue weighted by atomic mass is 35.5. The van der Waals surface area contributed by atoms with Gasteiger partial charge in [-0.3, -0.25) is 9.69 Å². The molecule has 0 amide bonds. The number of carbonyl (C=O) groups is 1. The molecule has 1 saturated heterocycles. The molecule has 1 aromatic carbocycles. The highest BCUT2D eigenvalue weighted by molar-refractivity contribution is 6.40. The third-order valence-electron chi connectivity index (χ3n) is 4.01. The van der Waals surface area contributed by atoms with E-state index >= 15 is 0 Å². The molecule has 0 aromatic heterocycles. The molecule has 0 aliphatic carbocycles. The van der Waals surface area contributed by atoms with E-state index in [4.69, 9.17) is 15.8 Å². The summed E-state index contributed by atoms with van der Waals surface area (Å²) < 4.78 is 0. The first-order valence-corrected chi connectivity index (χ1v) is 7.07. The topological polar surface area (TPSA) is 107 Å². The fourth-order valence-electron chi connectivity index (χ4n) is 2.89. The number of carboxylic acids is 1. The fraction of sp³-hybridized carbons (Fsp3) is 0.500. The summed E-state index contributed by atoms with van der Waals surface area (Å²) in [5.74, 6) is -1.01. The number of rotatable bonds is 6. The second kappa shape index (κ2) is 9.47. The highest BCUT2D eigenvalue weighted by Gasteiger charge is 2.46. The molecule has 1 aromatic rings. The molecular weight excluding hydrogens is 342 g/mol. The maximum atomic E-state index is 11.4. The predicted molar refractivity (Wildman–Crippen MR) is 93.9 cm³/mol. The van der Waals surface area contributed by atoms with E-state index in [2.05, 4.69) is 0 Å². The van der Waals surface area contributed by atoms with Gasteiger partial charge in [0.05, 0.1) is 0 Å². The van der Waals surface area contributed by atoms with Crippen molar-refractivity contribution in [2.24, 2.45) is 5.73 Å². The van der Waals surface area contributed by atoms with Gasteiger partial charge in [-0.05, 0) is 24.7 Å². The Morgan fingerprint density at radius 3 is 2.43 bits per heavy atom. The largest absolute Gasteiger partial charge is 0.480 e. The van der Waals surface area contributed by atoms with Crippen molar-refractivity contribution >= 4 is 37.9 Å². The van der Waals surface area contributed by atoms with Gasteiger partial charge in [0, 0.05) is 19.1 Å². The summed E-state index contributed by atoms with van der Waals surface area (Å²) in [6, 6.07) is 9.70. The van der Waals surface area contributed by atoms with Crippen LogP contribution in [-0.4, -0.2) is 51.3 Å². The van der Waals surface area contributed by atoms with Crippen LogP contribution in [0, 0.1) is 0 Å². The summed E-state index contributed by atoms with van der Waals surface area (Å²) in [5, 5.41) is 27.3. The van der Waals surface area contributed by atoms with E-state index in [1.54, 1.807) is 0 Å². The Bertz CT molecular complexity index is 495. The number of aliphatic carboxylic acids is 1. The average Bonchev–Trinajstić information content (AvgIpc) is 2.75. The normalized spacial score (nSPS) is 23.7. The van der Waals surface area contributed by atoms with E-state index in [9.17, 15) is 9.90 Å². The maximum Gasteiger partial charge on any atom is 0.451 e. The van der Waals surface area contributed by atoms with Crippen LogP contribution in [0.15, 0.2) is 30.3 Å². The van der Waals surface area contributed by atoms with E-state index in [1.165, 1.54) is 0 Å². The lowest BCUT2D eigenvalue weighted by molar-refractivity contribution is -0.142. The molecule has 1 aliphatic rings. The Kier molecular flexibility index (Phi) is 9.13. The summed E-state index contributed by atoms with van der Waals surface area (Å²) >= 11 is 0. The van der Waals surface area contributed by atoms with Crippen molar-refractivity contribution in [2.45, 2.75) is 37.3 Å². The summed E-state index contributed by atoms with van der Waals surface area (Å²) in [6.07, 6.45) is 1.05. The Balaban J connectivity index is 0.00000242. The molecule has 23 heavy (non-hydrogen) atoms. The van der Waals surface area contributed by atoms with Gasteiger partial charge in [0.1, 0.15) is 5.54 Å². The first kappa shape index (κ1) is 22.2. The number of carboxylic acid groups (broad SMARTS) is 1. The van der Waals surface area contributed by atoms with E-state index in [-0.39, 0.29) is 43.7 Å². The lowest BCUT2D eigenvalue weighted by Crippen LogP contribution is -2.50. The van der Waals surface area contributed by atoms with Crippen LogP contribution in [0.1, 0.15) is 18.4 Å². The highest BCUT2D eigenvalue weighted by Crippen LogP contribution is 2.30. The van der Waals surface area contributed by atoms with Crippen molar-refractivity contribution in [2.75, 3.05) is 6.54 Å². The number of hydrogen-bond donors (Lipinski definition) is 4. The van der Waals surface area contributed by atoms with E-state index in [1.807, 2.05) is 35.2 Å². The van der Waals surface area contributed by atoms with Crippen molar-refractivity contribution in [3.05, 3.63) is 35.9 Å². The number of nitrogens with zero attached hydrogens (tertiary/aromatic N) is 1. The zero-order valence-corrected chi connectivity index (χ0v) is 14.3. The zero-order chi connectivity index (χ0) is 15.5. The molecular formula is C14H23BCl2N2O4. The molecule has 2 unspecified atom stereocenters. The Hall–Kier alpha value is -0.825. The van der Waals surface area contributed by atoms with Crippen LogP contribution in [0.2, 0.25) is 6.32 Å². The number of likely N-dealkylation sites (tertiary alicyclic amines) is 1. The van der Waals surface area contributed by atoms with Crippen LogP contribution in [-0.2, 0) is 11.3 Å². The van der Waals surface area contributed by atoms with Gasteiger partial charge in [-0.1, -0.05) is 30.3 Å². The SMILES string of the molecule is Cl.Cl.NC1(C(=O)O)CC(CCB(O)O)N(Cc2ccccc2)C1. The van der Waals surface area contributed by atoms with Crippen molar-refractivity contribution in [3.8, 4) is 0 Å². The van der Waals surface area contributed by atoms with Crippen LogP contribution < -0.4 is 5.73 Å². The van der Waals surface area contributed by atoms with Gasteiger partial charge in [0.2, 0.25) is 0 Å². The fourth-order valence-corrected chi connectivity index (χ4v) is 2.89. The lowest BCUT2D eigenvalue weighted by atomic mass is 9.81. The summed E-state index contributed by atoms with van der Waals surface area (Å²) in [7, 11) is -1.37. The van der Waals surface area contributed by atoms with Gasteiger partial charge in [-0.2, -0.15) is 0 Å². The van der Waals surface area contributed by atoms with Crippen molar-refractivity contribution < 1.29 is 19.9 Å². The molecule has 9 heteroatoms. The van der Waals surface area contributed by atoms with Crippen LogP contribution in [0.3, 0.4) is 0 Å². The van der Waals surface area contributed by atoms with Gasteiger partial charge in [-0.15, -0.1) is 24.8 Å². The van der Waals surface area contributed by atoms with Crippen LogP contribution in [0.25, 0.3) is 0 Å². The molecule has 130 valence electrons. The molecule has 1 fully saturated rings. The van der Waals surface area contributed by atoms with Crippen LogP contribution in [0.4, 0.5) is 0 Å². The molecule has 5 N–H and O–H groups in total. The standard InChI is InChI=1S/C14H21BN2O4.2ClH/c16-14(13(18)19)8-12(6-7-15(20)21)17(10-14)9-11-4-2-1-3-5-11;;/h1-5,12,20-21H,6-10,16H2,(H,18,19);2*1H. The van der Waals surface area contributed by atoms with Crippen molar-refractivity contribution in [1.82, 2.24) is 4.90 Å². The van der Waals surface area contributed by atoms with E-state index < -0.39 is 18.6 Å². The summed E-state index contributed by atoms with van der Waals surface area (Å²) in [6.45, 7) is 0.878. The Morgan fingerprint density at radius 1 is 1.30 bits per heavy atom. The molecule has 1 heterocycles. The molecule has 0 spiro atoms. The molecule has 2 atom stereocenters. The van der Waals surface area contributed by atoms with Crippen molar-refractivity contribution in [3.63, 3.8) is 0 Å². The third kappa shape index (κ3) is 5.95. The molecule has 6 nitrogen and oxygen atoms in total. The Morgan fingerprint density at radius 2 is 1.91 bits per heavy atom. The minimum atomic E-state index is -1.37. The number of benzene rings is 1. The second-order valence-electron chi connectivity index (χ2n) is 5.77. The smallest absolute Gasteiger partial charge is 0.451 e. The minimum Gasteiger partial charge on any atom is -0.480 e. The monoisotopic (exact) mass is 364 g/mol. The number of halogens is 2. The molecule has 0 bridgehead atoms. The third-order valence-corrected chi connectivity index (χ3v) is 4.01. The van der Waals surface area contributed by atoms with Gasteiger partial charge >= 0.3 is 13.1 Å². The number of nitrogens with two attached hydrogens (primary N) is 1. The van der Waals surface area contributed by atoms with Gasteiger partial charge in [0.25, 0.3) is 0 Å². The van der Waals surface area contributed by atoms with E-state index in [0.717, 1.165) is 5.56 Å². The first-order valence-electron chi connectivity index (χ1n) is 7.07. The molecule has 2 rings (SSSR count). The maximum absolute atomic E-state index is 11.4. The zero-order valence-electron chi connectivity index (χ0n) is 12.7. The lowest BCUT2D eigenvalue weighted by Gasteiger charge is -2.24. The van der Waals surface area contributed by atoms with Crippen LogP contribution in [0.5, 0.6) is 0 Å². The molecule has 0 radical (unpaired) electrons.